The molecule has 1 atom stereocenters. The SMILES string of the molecule is CC(C)[C@H](O)c1ccccc1N. The van der Waals surface area contributed by atoms with Gasteiger partial charge < -0.3 is 10.8 Å². The minimum atomic E-state index is -0.453. The molecule has 0 spiro atoms. The summed E-state index contributed by atoms with van der Waals surface area (Å²) in [5.74, 6) is 0.203. The molecule has 2 nitrogen and oxygen atoms in total. The number of rotatable bonds is 2. The van der Waals surface area contributed by atoms with Crippen LogP contribution in [-0.4, -0.2) is 5.11 Å². The summed E-state index contributed by atoms with van der Waals surface area (Å²) in [5, 5.41) is 9.70. The number of para-hydroxylation sites is 1. The minimum absolute atomic E-state index is 0.203. The summed E-state index contributed by atoms with van der Waals surface area (Å²) in [4.78, 5) is 0. The van der Waals surface area contributed by atoms with E-state index in [9.17, 15) is 5.11 Å². The molecule has 3 N–H and O–H groups in total. The molecular weight excluding hydrogens is 150 g/mol. The third-order valence-corrected chi connectivity index (χ3v) is 1.95. The number of anilines is 1. The molecule has 1 aromatic rings. The van der Waals surface area contributed by atoms with Gasteiger partial charge >= 0.3 is 0 Å². The average molecular weight is 165 g/mol. The van der Waals surface area contributed by atoms with Crippen molar-refractivity contribution in [1.29, 1.82) is 0 Å². The molecule has 1 rings (SSSR count). The van der Waals surface area contributed by atoms with Crippen LogP contribution in [0.4, 0.5) is 5.69 Å². The van der Waals surface area contributed by atoms with Crippen molar-refractivity contribution >= 4 is 5.69 Å². The van der Waals surface area contributed by atoms with Crippen LogP contribution in [0.5, 0.6) is 0 Å². The Balaban J connectivity index is 2.94. The van der Waals surface area contributed by atoms with E-state index in [1.54, 1.807) is 6.07 Å². The Kier molecular flexibility index (Phi) is 2.71. The fraction of sp³-hybridized carbons (Fsp3) is 0.400. The lowest BCUT2D eigenvalue weighted by Crippen LogP contribution is -2.07. The van der Waals surface area contributed by atoms with Crippen LogP contribution in [0.15, 0.2) is 24.3 Å². The van der Waals surface area contributed by atoms with Crippen LogP contribution in [0.2, 0.25) is 0 Å². The Morgan fingerprint density at radius 2 is 1.83 bits per heavy atom. The minimum Gasteiger partial charge on any atom is -0.398 e. The molecule has 12 heavy (non-hydrogen) atoms. The highest BCUT2D eigenvalue weighted by Crippen LogP contribution is 2.25. The number of benzene rings is 1. The van der Waals surface area contributed by atoms with Gasteiger partial charge in [-0.25, -0.2) is 0 Å². The first-order valence-corrected chi connectivity index (χ1v) is 4.15. The normalized spacial score (nSPS) is 13.3. The molecule has 0 aliphatic rings. The lowest BCUT2D eigenvalue weighted by atomic mass is 9.98. The number of hydrogen-bond donors (Lipinski definition) is 2. The predicted octanol–water partition coefficient (Wildman–Crippen LogP) is 1.96. The molecule has 0 radical (unpaired) electrons. The van der Waals surface area contributed by atoms with Crippen molar-refractivity contribution in [1.82, 2.24) is 0 Å². The maximum Gasteiger partial charge on any atom is 0.0832 e. The highest BCUT2D eigenvalue weighted by atomic mass is 16.3. The van der Waals surface area contributed by atoms with E-state index in [4.69, 9.17) is 5.73 Å². The fourth-order valence-corrected chi connectivity index (χ4v) is 1.14. The van der Waals surface area contributed by atoms with Crippen LogP contribution in [0.25, 0.3) is 0 Å². The largest absolute Gasteiger partial charge is 0.398 e. The number of aliphatic hydroxyl groups excluding tert-OH is 1. The number of nitrogen functional groups attached to an aromatic ring is 1. The van der Waals surface area contributed by atoms with Crippen molar-refractivity contribution in [2.24, 2.45) is 5.92 Å². The van der Waals surface area contributed by atoms with Crippen LogP contribution < -0.4 is 5.73 Å². The van der Waals surface area contributed by atoms with Crippen molar-refractivity contribution in [2.75, 3.05) is 5.73 Å². The van der Waals surface area contributed by atoms with E-state index in [-0.39, 0.29) is 5.92 Å². The zero-order chi connectivity index (χ0) is 9.14. The molecule has 0 aliphatic heterocycles. The van der Waals surface area contributed by atoms with Crippen LogP contribution in [0.3, 0.4) is 0 Å². The van der Waals surface area contributed by atoms with E-state index in [2.05, 4.69) is 0 Å². The van der Waals surface area contributed by atoms with Crippen molar-refractivity contribution in [3.8, 4) is 0 Å². The summed E-state index contributed by atoms with van der Waals surface area (Å²) >= 11 is 0. The van der Waals surface area contributed by atoms with E-state index in [1.807, 2.05) is 32.0 Å². The standard InChI is InChI=1S/C10H15NO/c1-7(2)10(12)8-5-3-4-6-9(8)11/h3-7,10,12H,11H2,1-2H3/t10-/m0/s1. The molecule has 0 fully saturated rings. The van der Waals surface area contributed by atoms with Crippen molar-refractivity contribution in [3.63, 3.8) is 0 Å². The summed E-state index contributed by atoms with van der Waals surface area (Å²) in [6, 6.07) is 7.42. The van der Waals surface area contributed by atoms with Gasteiger partial charge in [0.1, 0.15) is 0 Å². The van der Waals surface area contributed by atoms with Crippen molar-refractivity contribution in [2.45, 2.75) is 20.0 Å². The lowest BCUT2D eigenvalue weighted by molar-refractivity contribution is 0.127. The molecule has 66 valence electrons. The Morgan fingerprint density at radius 1 is 1.25 bits per heavy atom. The number of hydrogen-bond acceptors (Lipinski definition) is 2. The summed E-state index contributed by atoms with van der Waals surface area (Å²) in [5.41, 5.74) is 7.19. The number of nitrogens with two attached hydrogens (primary N) is 1. The topological polar surface area (TPSA) is 46.2 Å². The van der Waals surface area contributed by atoms with Gasteiger partial charge in [0.25, 0.3) is 0 Å². The summed E-state index contributed by atoms with van der Waals surface area (Å²) < 4.78 is 0. The molecular formula is C10H15NO. The first-order valence-electron chi connectivity index (χ1n) is 4.15. The zero-order valence-corrected chi connectivity index (χ0v) is 7.49. The van der Waals surface area contributed by atoms with Crippen molar-refractivity contribution in [3.05, 3.63) is 29.8 Å². The molecule has 2 heteroatoms. The fourth-order valence-electron chi connectivity index (χ4n) is 1.14. The van der Waals surface area contributed by atoms with Crippen molar-refractivity contribution < 1.29 is 5.11 Å². The third kappa shape index (κ3) is 1.77. The smallest absolute Gasteiger partial charge is 0.0832 e. The van der Waals surface area contributed by atoms with Gasteiger partial charge in [-0.1, -0.05) is 32.0 Å². The van der Waals surface area contributed by atoms with Crippen LogP contribution >= 0.6 is 0 Å². The molecule has 0 heterocycles. The Bertz CT molecular complexity index is 258. The quantitative estimate of drug-likeness (QED) is 0.658. The van der Waals surface area contributed by atoms with Gasteiger partial charge in [-0.2, -0.15) is 0 Å². The third-order valence-electron chi connectivity index (χ3n) is 1.95. The Morgan fingerprint density at radius 3 is 2.33 bits per heavy atom. The van der Waals surface area contributed by atoms with Gasteiger partial charge in [-0.3, -0.25) is 0 Å². The second-order valence-electron chi connectivity index (χ2n) is 3.32. The second-order valence-corrected chi connectivity index (χ2v) is 3.32. The monoisotopic (exact) mass is 165 g/mol. The lowest BCUT2D eigenvalue weighted by Gasteiger charge is -2.16. The highest BCUT2D eigenvalue weighted by Gasteiger charge is 2.13. The van der Waals surface area contributed by atoms with Gasteiger partial charge in [0.2, 0.25) is 0 Å². The summed E-state index contributed by atoms with van der Waals surface area (Å²) in [6.45, 7) is 3.94. The Hall–Kier alpha value is -1.02. The van der Waals surface area contributed by atoms with E-state index in [0.29, 0.717) is 5.69 Å². The predicted molar refractivity (Wildman–Crippen MR) is 50.7 cm³/mol. The van der Waals surface area contributed by atoms with Crippen LogP contribution in [0, 0.1) is 5.92 Å². The second kappa shape index (κ2) is 3.59. The average Bonchev–Trinajstić information content (AvgIpc) is 2.04. The van der Waals surface area contributed by atoms with Gasteiger partial charge in [-0.15, -0.1) is 0 Å². The molecule has 0 aromatic heterocycles. The van der Waals surface area contributed by atoms with E-state index >= 15 is 0 Å². The first-order chi connectivity index (χ1) is 5.63. The molecule has 0 aliphatic carbocycles. The molecule has 0 unspecified atom stereocenters. The number of aliphatic hydroxyl groups is 1. The Labute approximate surface area is 73.0 Å². The molecule has 0 bridgehead atoms. The zero-order valence-electron chi connectivity index (χ0n) is 7.49. The van der Waals surface area contributed by atoms with Crippen LogP contribution in [-0.2, 0) is 0 Å². The molecule has 0 amide bonds. The van der Waals surface area contributed by atoms with Gasteiger partial charge in [0.15, 0.2) is 0 Å². The highest BCUT2D eigenvalue weighted by molar-refractivity contribution is 5.47. The van der Waals surface area contributed by atoms with Gasteiger partial charge in [0, 0.05) is 11.3 Å². The van der Waals surface area contributed by atoms with E-state index < -0.39 is 6.10 Å². The van der Waals surface area contributed by atoms with E-state index in [1.165, 1.54) is 0 Å². The van der Waals surface area contributed by atoms with Crippen LogP contribution in [0.1, 0.15) is 25.5 Å². The summed E-state index contributed by atoms with van der Waals surface area (Å²) in [7, 11) is 0. The first kappa shape index (κ1) is 9.07. The molecule has 0 saturated heterocycles. The van der Waals surface area contributed by atoms with Gasteiger partial charge in [0.05, 0.1) is 6.10 Å². The van der Waals surface area contributed by atoms with Gasteiger partial charge in [-0.05, 0) is 12.0 Å². The molecule has 0 saturated carbocycles. The molecule has 1 aromatic carbocycles. The maximum absolute atomic E-state index is 9.70. The summed E-state index contributed by atoms with van der Waals surface area (Å²) in [6.07, 6.45) is -0.453. The van der Waals surface area contributed by atoms with E-state index in [0.717, 1.165) is 5.56 Å². The maximum atomic E-state index is 9.70.